The zero-order valence-corrected chi connectivity index (χ0v) is 9.43. The molecular formula is C10H15NO2S. The number of sulfonamides is 1. The number of rotatable bonds is 2. The van der Waals surface area contributed by atoms with Crippen molar-refractivity contribution in [3.63, 3.8) is 0 Å². The van der Waals surface area contributed by atoms with Crippen molar-refractivity contribution in [2.24, 2.45) is 5.14 Å². The molecule has 14 heavy (non-hydrogen) atoms. The van der Waals surface area contributed by atoms with Crippen LogP contribution in [0.1, 0.15) is 30.9 Å². The lowest BCUT2D eigenvalue weighted by Crippen LogP contribution is -2.15. The summed E-state index contributed by atoms with van der Waals surface area (Å²) in [6.07, 6.45) is 0. The number of hydrogen-bond acceptors (Lipinski definition) is 2. The molecule has 0 aliphatic carbocycles. The van der Waals surface area contributed by atoms with E-state index < -0.39 is 10.0 Å². The molecule has 78 valence electrons. The van der Waals surface area contributed by atoms with Gasteiger partial charge in [-0.3, -0.25) is 0 Å². The number of benzene rings is 1. The largest absolute Gasteiger partial charge is 0.238 e. The Morgan fingerprint density at radius 3 is 2.29 bits per heavy atom. The van der Waals surface area contributed by atoms with Crippen molar-refractivity contribution in [1.82, 2.24) is 0 Å². The zero-order chi connectivity index (χ0) is 10.9. The van der Waals surface area contributed by atoms with Gasteiger partial charge in [0.1, 0.15) is 0 Å². The molecule has 0 amide bonds. The summed E-state index contributed by atoms with van der Waals surface area (Å²) in [4.78, 5) is 0.243. The first kappa shape index (κ1) is 11.2. The van der Waals surface area contributed by atoms with Gasteiger partial charge in [-0.2, -0.15) is 0 Å². The molecule has 3 nitrogen and oxygen atoms in total. The Kier molecular flexibility index (Phi) is 2.97. The molecule has 0 spiro atoms. The maximum Gasteiger partial charge on any atom is 0.238 e. The van der Waals surface area contributed by atoms with Crippen molar-refractivity contribution in [2.45, 2.75) is 31.6 Å². The van der Waals surface area contributed by atoms with Gasteiger partial charge >= 0.3 is 0 Å². The van der Waals surface area contributed by atoms with Gasteiger partial charge in [0.2, 0.25) is 10.0 Å². The summed E-state index contributed by atoms with van der Waals surface area (Å²) >= 11 is 0. The molecule has 0 fully saturated rings. The summed E-state index contributed by atoms with van der Waals surface area (Å²) in [5.74, 6) is 0.156. The topological polar surface area (TPSA) is 60.2 Å². The van der Waals surface area contributed by atoms with Crippen LogP contribution < -0.4 is 5.14 Å². The third-order valence-corrected chi connectivity index (χ3v) is 3.06. The lowest BCUT2D eigenvalue weighted by atomic mass is 10.0. The minimum atomic E-state index is -3.60. The fourth-order valence-electron chi connectivity index (χ4n) is 1.36. The van der Waals surface area contributed by atoms with E-state index in [1.165, 1.54) is 0 Å². The fraction of sp³-hybridized carbons (Fsp3) is 0.400. The quantitative estimate of drug-likeness (QED) is 0.813. The molecule has 4 heteroatoms. The van der Waals surface area contributed by atoms with Crippen LogP contribution in [0.2, 0.25) is 0 Å². The van der Waals surface area contributed by atoms with Crippen LogP contribution in [0.4, 0.5) is 0 Å². The van der Waals surface area contributed by atoms with Crippen molar-refractivity contribution in [1.29, 1.82) is 0 Å². The van der Waals surface area contributed by atoms with Crippen LogP contribution in [-0.4, -0.2) is 8.42 Å². The van der Waals surface area contributed by atoms with Gasteiger partial charge in [0.05, 0.1) is 4.90 Å². The second kappa shape index (κ2) is 3.71. The Bertz CT molecular complexity index is 435. The predicted molar refractivity (Wildman–Crippen MR) is 56.6 cm³/mol. The summed E-state index contributed by atoms with van der Waals surface area (Å²) < 4.78 is 22.6. The molecule has 1 aromatic carbocycles. The average molecular weight is 213 g/mol. The van der Waals surface area contributed by atoms with Gasteiger partial charge in [-0.15, -0.1) is 0 Å². The van der Waals surface area contributed by atoms with Gasteiger partial charge in [-0.25, -0.2) is 13.6 Å². The summed E-state index contributed by atoms with van der Waals surface area (Å²) in [5.41, 5.74) is 1.68. The SMILES string of the molecule is Cc1ccc(C(C)C)c(S(N)(=O)=O)c1. The van der Waals surface area contributed by atoms with E-state index in [4.69, 9.17) is 5.14 Å². The molecule has 0 radical (unpaired) electrons. The lowest BCUT2D eigenvalue weighted by Gasteiger charge is -2.11. The Hall–Kier alpha value is -0.870. The third kappa shape index (κ3) is 2.33. The number of nitrogens with two attached hydrogens (primary N) is 1. The van der Waals surface area contributed by atoms with Gasteiger partial charge in [-0.05, 0) is 30.0 Å². The van der Waals surface area contributed by atoms with Crippen molar-refractivity contribution < 1.29 is 8.42 Å². The molecule has 0 heterocycles. The zero-order valence-electron chi connectivity index (χ0n) is 8.61. The molecule has 2 N–H and O–H groups in total. The van der Waals surface area contributed by atoms with Gasteiger partial charge in [0.15, 0.2) is 0 Å². The van der Waals surface area contributed by atoms with E-state index in [0.717, 1.165) is 11.1 Å². The first-order valence-corrected chi connectivity index (χ1v) is 6.00. The van der Waals surface area contributed by atoms with Crippen molar-refractivity contribution >= 4 is 10.0 Å². The molecule has 0 saturated carbocycles. The first-order valence-electron chi connectivity index (χ1n) is 4.45. The third-order valence-electron chi connectivity index (χ3n) is 2.10. The number of aryl methyl sites for hydroxylation is 1. The minimum Gasteiger partial charge on any atom is -0.225 e. The highest BCUT2D eigenvalue weighted by atomic mass is 32.2. The Labute approximate surface area is 85.0 Å². The highest BCUT2D eigenvalue weighted by Crippen LogP contribution is 2.23. The van der Waals surface area contributed by atoms with Gasteiger partial charge in [-0.1, -0.05) is 26.0 Å². The molecule has 1 rings (SSSR count). The second-order valence-electron chi connectivity index (χ2n) is 3.74. The van der Waals surface area contributed by atoms with Crippen LogP contribution >= 0.6 is 0 Å². The van der Waals surface area contributed by atoms with Crippen molar-refractivity contribution in [2.75, 3.05) is 0 Å². The van der Waals surface area contributed by atoms with E-state index in [2.05, 4.69) is 0 Å². The Morgan fingerprint density at radius 1 is 1.29 bits per heavy atom. The molecular weight excluding hydrogens is 198 g/mol. The smallest absolute Gasteiger partial charge is 0.225 e. The van der Waals surface area contributed by atoms with Crippen LogP contribution in [0, 0.1) is 6.92 Å². The Morgan fingerprint density at radius 2 is 1.86 bits per heavy atom. The maximum atomic E-state index is 11.3. The van der Waals surface area contributed by atoms with Crippen LogP contribution in [0.25, 0.3) is 0 Å². The summed E-state index contributed by atoms with van der Waals surface area (Å²) in [5, 5.41) is 5.14. The van der Waals surface area contributed by atoms with E-state index >= 15 is 0 Å². The average Bonchev–Trinajstić information content (AvgIpc) is 2.01. The first-order chi connectivity index (χ1) is 6.32. The predicted octanol–water partition coefficient (Wildman–Crippen LogP) is 1.77. The van der Waals surface area contributed by atoms with E-state index in [1.54, 1.807) is 6.07 Å². The maximum absolute atomic E-state index is 11.3. The summed E-state index contributed by atoms with van der Waals surface area (Å²) in [6, 6.07) is 5.33. The molecule has 0 bridgehead atoms. The van der Waals surface area contributed by atoms with Gasteiger partial charge in [0.25, 0.3) is 0 Å². The fourth-order valence-corrected chi connectivity index (χ4v) is 2.35. The van der Waals surface area contributed by atoms with Crippen LogP contribution in [0.15, 0.2) is 23.1 Å². The molecule has 0 aliphatic heterocycles. The minimum absolute atomic E-state index is 0.156. The van der Waals surface area contributed by atoms with Crippen molar-refractivity contribution in [3.8, 4) is 0 Å². The highest BCUT2D eigenvalue weighted by Gasteiger charge is 2.15. The monoisotopic (exact) mass is 213 g/mol. The highest BCUT2D eigenvalue weighted by molar-refractivity contribution is 7.89. The van der Waals surface area contributed by atoms with Gasteiger partial charge < -0.3 is 0 Å². The van der Waals surface area contributed by atoms with Gasteiger partial charge in [0, 0.05) is 0 Å². The molecule has 0 aromatic heterocycles. The number of hydrogen-bond donors (Lipinski definition) is 1. The van der Waals surface area contributed by atoms with E-state index in [9.17, 15) is 8.42 Å². The van der Waals surface area contributed by atoms with Crippen LogP contribution in [-0.2, 0) is 10.0 Å². The standard InChI is InChI=1S/C10H15NO2S/c1-7(2)9-5-4-8(3)6-10(9)14(11,12)13/h4-7H,1-3H3,(H2,11,12,13). The molecule has 0 saturated heterocycles. The molecule has 1 aromatic rings. The Balaban J connectivity index is 3.46. The van der Waals surface area contributed by atoms with E-state index in [0.29, 0.717) is 0 Å². The van der Waals surface area contributed by atoms with E-state index in [1.807, 2.05) is 32.9 Å². The molecule has 0 aliphatic rings. The lowest BCUT2D eigenvalue weighted by molar-refractivity contribution is 0.595. The van der Waals surface area contributed by atoms with Crippen molar-refractivity contribution in [3.05, 3.63) is 29.3 Å². The second-order valence-corrected chi connectivity index (χ2v) is 5.27. The van der Waals surface area contributed by atoms with E-state index in [-0.39, 0.29) is 10.8 Å². The number of primary sulfonamides is 1. The normalized spacial score (nSPS) is 12.1. The summed E-state index contributed by atoms with van der Waals surface area (Å²) in [6.45, 7) is 5.73. The van der Waals surface area contributed by atoms with Crippen LogP contribution in [0.3, 0.4) is 0 Å². The summed E-state index contributed by atoms with van der Waals surface area (Å²) in [7, 11) is -3.60. The molecule has 0 atom stereocenters. The molecule has 0 unspecified atom stereocenters. The van der Waals surface area contributed by atoms with Crippen LogP contribution in [0.5, 0.6) is 0 Å².